The number of anilines is 1. The normalized spacial score (nSPS) is 11.2. The molecule has 116 valence electrons. The Morgan fingerprint density at radius 1 is 1.29 bits per heavy atom. The number of fused-ring (bicyclic) bond motifs is 1. The minimum atomic E-state index is -0.198. The van der Waals surface area contributed by atoms with Crippen molar-refractivity contribution in [2.45, 2.75) is 6.92 Å². The molecule has 0 aliphatic rings. The zero-order chi connectivity index (χ0) is 15.2. The lowest BCUT2D eigenvalue weighted by Crippen LogP contribution is -2.28. The number of furan rings is 1. The molecule has 21 heavy (non-hydrogen) atoms. The van der Waals surface area contributed by atoms with Crippen molar-refractivity contribution < 1.29 is 18.3 Å². The van der Waals surface area contributed by atoms with E-state index in [9.17, 15) is 4.79 Å². The van der Waals surface area contributed by atoms with Gasteiger partial charge in [-0.25, -0.2) is 0 Å². The first-order valence-corrected chi connectivity index (χ1v) is 7.49. The summed E-state index contributed by atoms with van der Waals surface area (Å²) < 4.78 is 21.9. The van der Waals surface area contributed by atoms with Crippen molar-refractivity contribution in [2.75, 3.05) is 44.9 Å². The van der Waals surface area contributed by atoms with Gasteiger partial charge in [-0.15, -0.1) is 0 Å². The topological polar surface area (TPSA) is 65.1 Å². The molecule has 0 saturated carbocycles. The Balaban J connectivity index is 2.10. The third-order valence-corrected chi connectivity index (χ3v) is 3.57. The van der Waals surface area contributed by atoms with E-state index in [0.717, 1.165) is 0 Å². The molecule has 7 heteroatoms. The van der Waals surface area contributed by atoms with E-state index in [1.54, 1.807) is 7.11 Å². The predicted octanol–water partition coefficient (Wildman–Crippen LogP) is 2.64. The van der Waals surface area contributed by atoms with E-state index in [1.807, 2.05) is 11.8 Å². The van der Waals surface area contributed by atoms with Gasteiger partial charge < -0.3 is 23.2 Å². The Morgan fingerprint density at radius 3 is 2.81 bits per heavy atom. The largest absolute Gasteiger partial charge is 0.456 e. The van der Waals surface area contributed by atoms with Gasteiger partial charge in [0.05, 0.1) is 30.4 Å². The maximum absolute atomic E-state index is 12.0. The molecule has 0 amide bonds. The van der Waals surface area contributed by atoms with Crippen LogP contribution in [0.4, 0.5) is 5.88 Å². The third kappa shape index (κ3) is 3.87. The van der Waals surface area contributed by atoms with Gasteiger partial charge in [0.2, 0.25) is 11.0 Å². The van der Waals surface area contributed by atoms with Crippen molar-refractivity contribution in [3.8, 4) is 0 Å². The summed E-state index contributed by atoms with van der Waals surface area (Å²) in [5, 5.41) is 0. The number of halogens is 1. The molecular formula is C14H18BrNO5. The molecule has 2 rings (SSSR count). The highest BCUT2D eigenvalue weighted by atomic mass is 79.9. The Morgan fingerprint density at radius 2 is 2.10 bits per heavy atom. The Kier molecular flexibility index (Phi) is 5.84. The maximum atomic E-state index is 12.0. The summed E-state index contributed by atoms with van der Waals surface area (Å²) in [5.74, 6) is 0.507. The molecule has 2 aromatic heterocycles. The summed E-state index contributed by atoms with van der Waals surface area (Å²) in [6, 6.07) is 1.44. The smallest absolute Gasteiger partial charge is 0.230 e. The lowest BCUT2D eigenvalue weighted by molar-refractivity contribution is 0.0739. The van der Waals surface area contributed by atoms with Crippen LogP contribution in [0.2, 0.25) is 0 Å². The molecular weight excluding hydrogens is 342 g/mol. The fraction of sp³-hybridized carbons (Fsp3) is 0.500. The molecule has 0 N–H and O–H groups in total. The van der Waals surface area contributed by atoms with Gasteiger partial charge in [0, 0.05) is 20.2 Å². The molecule has 6 nitrogen and oxygen atoms in total. The maximum Gasteiger partial charge on any atom is 0.230 e. The summed E-state index contributed by atoms with van der Waals surface area (Å²) in [6.07, 6.45) is 1.45. The van der Waals surface area contributed by atoms with Crippen LogP contribution in [0.3, 0.4) is 0 Å². The first-order chi connectivity index (χ1) is 10.2. The molecule has 0 radical (unpaired) electrons. The van der Waals surface area contributed by atoms with Crippen LogP contribution >= 0.6 is 15.9 Å². The van der Waals surface area contributed by atoms with Gasteiger partial charge in [0.1, 0.15) is 6.26 Å². The van der Waals surface area contributed by atoms with Crippen LogP contribution in [-0.2, 0) is 9.47 Å². The van der Waals surface area contributed by atoms with Gasteiger partial charge in [-0.2, -0.15) is 0 Å². The number of methoxy groups -OCH3 is 1. The fourth-order valence-corrected chi connectivity index (χ4v) is 2.26. The van der Waals surface area contributed by atoms with Crippen LogP contribution in [-0.4, -0.2) is 40.0 Å². The van der Waals surface area contributed by atoms with Gasteiger partial charge >= 0.3 is 0 Å². The Hall–Kier alpha value is -1.31. The van der Waals surface area contributed by atoms with E-state index in [-0.39, 0.29) is 11.0 Å². The molecule has 0 atom stereocenters. The monoisotopic (exact) mass is 359 g/mol. The SMILES string of the molecule is CCN(CCOCCOC)c1cc(=O)c2occ(Br)c2o1. The second kappa shape index (κ2) is 7.63. The quantitative estimate of drug-likeness (QED) is 0.675. The second-order valence-electron chi connectivity index (χ2n) is 4.38. The van der Waals surface area contributed by atoms with Crippen molar-refractivity contribution in [2.24, 2.45) is 0 Å². The zero-order valence-corrected chi connectivity index (χ0v) is 13.6. The average molecular weight is 360 g/mol. The third-order valence-electron chi connectivity index (χ3n) is 3.02. The first kappa shape index (κ1) is 16.1. The fourth-order valence-electron chi connectivity index (χ4n) is 1.90. The molecule has 0 fully saturated rings. The lowest BCUT2D eigenvalue weighted by Gasteiger charge is -2.20. The number of hydrogen-bond acceptors (Lipinski definition) is 6. The van der Waals surface area contributed by atoms with Crippen molar-refractivity contribution in [3.05, 3.63) is 27.0 Å². The minimum Gasteiger partial charge on any atom is -0.456 e. The highest BCUT2D eigenvalue weighted by Gasteiger charge is 2.15. The second-order valence-corrected chi connectivity index (χ2v) is 5.23. The number of rotatable bonds is 8. The molecule has 0 aliphatic heterocycles. The van der Waals surface area contributed by atoms with Crippen molar-refractivity contribution >= 4 is 33.0 Å². The summed E-state index contributed by atoms with van der Waals surface area (Å²) in [6.45, 7) is 4.97. The predicted molar refractivity (Wildman–Crippen MR) is 83.0 cm³/mol. The molecule has 0 spiro atoms. The summed E-state index contributed by atoms with van der Waals surface area (Å²) in [4.78, 5) is 13.9. The van der Waals surface area contributed by atoms with Gasteiger partial charge in [-0.3, -0.25) is 4.79 Å². The summed E-state index contributed by atoms with van der Waals surface area (Å²) >= 11 is 3.30. The molecule has 2 aromatic rings. The van der Waals surface area contributed by atoms with E-state index in [1.165, 1.54) is 12.3 Å². The highest BCUT2D eigenvalue weighted by molar-refractivity contribution is 9.10. The van der Waals surface area contributed by atoms with Gasteiger partial charge in [-0.1, -0.05) is 0 Å². The van der Waals surface area contributed by atoms with Crippen molar-refractivity contribution in [1.29, 1.82) is 0 Å². The first-order valence-electron chi connectivity index (χ1n) is 6.69. The number of ether oxygens (including phenoxy) is 2. The molecule has 0 bridgehead atoms. The molecule has 0 aromatic carbocycles. The van der Waals surface area contributed by atoms with E-state index in [0.29, 0.717) is 48.9 Å². The van der Waals surface area contributed by atoms with E-state index in [4.69, 9.17) is 18.3 Å². The number of likely N-dealkylation sites (N-methyl/N-ethyl adjacent to an activating group) is 1. The minimum absolute atomic E-state index is 0.198. The zero-order valence-electron chi connectivity index (χ0n) is 12.1. The molecule has 2 heterocycles. The van der Waals surface area contributed by atoms with Crippen molar-refractivity contribution in [3.63, 3.8) is 0 Å². The van der Waals surface area contributed by atoms with Crippen LogP contribution in [0.25, 0.3) is 11.2 Å². The van der Waals surface area contributed by atoms with Crippen molar-refractivity contribution in [1.82, 2.24) is 0 Å². The van der Waals surface area contributed by atoms with E-state index < -0.39 is 0 Å². The molecule has 0 saturated heterocycles. The summed E-state index contributed by atoms with van der Waals surface area (Å²) in [5.41, 5.74) is 0.449. The van der Waals surface area contributed by atoms with Crippen LogP contribution in [0.15, 0.2) is 30.4 Å². The standard InChI is InChI=1S/C14H18BrNO5/c1-3-16(4-5-19-7-6-18-2)12-8-11(17)14-13(21-12)10(15)9-20-14/h8-9H,3-7H2,1-2H3. The lowest BCUT2D eigenvalue weighted by atomic mass is 10.4. The Labute approximate surface area is 130 Å². The van der Waals surface area contributed by atoms with E-state index in [2.05, 4.69) is 15.9 Å². The van der Waals surface area contributed by atoms with Crippen LogP contribution in [0.5, 0.6) is 0 Å². The van der Waals surface area contributed by atoms with Crippen LogP contribution < -0.4 is 10.3 Å². The number of hydrogen-bond donors (Lipinski definition) is 0. The average Bonchev–Trinajstić information content (AvgIpc) is 2.85. The van der Waals surface area contributed by atoms with Crippen LogP contribution in [0.1, 0.15) is 6.92 Å². The highest BCUT2D eigenvalue weighted by Crippen LogP contribution is 2.27. The van der Waals surface area contributed by atoms with Gasteiger partial charge in [0.15, 0.2) is 11.5 Å². The molecule has 0 aliphatic carbocycles. The van der Waals surface area contributed by atoms with Crippen LogP contribution in [0, 0.1) is 0 Å². The summed E-state index contributed by atoms with van der Waals surface area (Å²) in [7, 11) is 1.63. The number of nitrogens with zero attached hydrogens (tertiary/aromatic N) is 1. The molecule has 0 unspecified atom stereocenters. The van der Waals surface area contributed by atoms with E-state index >= 15 is 0 Å². The Bertz CT molecular complexity index is 636. The van der Waals surface area contributed by atoms with Gasteiger partial charge in [0.25, 0.3) is 0 Å². The van der Waals surface area contributed by atoms with Gasteiger partial charge in [-0.05, 0) is 22.9 Å².